The average Bonchev–Trinajstić information content (AvgIpc) is 3.55. The summed E-state index contributed by atoms with van der Waals surface area (Å²) in [5, 5.41) is 0. The van der Waals surface area contributed by atoms with Gasteiger partial charge < -0.3 is 23.5 Å². The summed E-state index contributed by atoms with van der Waals surface area (Å²) in [6.45, 7) is 2.04. The minimum Gasteiger partial charge on any atom is -0.493 e. The van der Waals surface area contributed by atoms with Crippen molar-refractivity contribution in [3.8, 4) is 11.5 Å². The minimum atomic E-state index is -0.0399. The third-order valence-electron chi connectivity index (χ3n) is 4.93. The summed E-state index contributed by atoms with van der Waals surface area (Å²) in [6, 6.07) is 9.38. The number of ether oxygens (including phenoxy) is 3. The topological polar surface area (TPSA) is 74.0 Å². The Bertz CT molecular complexity index is 937. The van der Waals surface area contributed by atoms with Crippen LogP contribution in [0, 0.1) is 0 Å². The van der Waals surface area contributed by atoms with Gasteiger partial charge in [0.05, 0.1) is 31.2 Å². The van der Waals surface area contributed by atoms with E-state index in [2.05, 4.69) is 4.98 Å². The number of carbonyl (C=O) groups excluding carboxylic acids is 1. The Hall–Kier alpha value is -2.84. The fourth-order valence-electron chi connectivity index (χ4n) is 3.43. The van der Waals surface area contributed by atoms with Crippen LogP contribution in [0.25, 0.3) is 0 Å². The van der Waals surface area contributed by atoms with Crippen LogP contribution in [0.15, 0.2) is 52.7 Å². The van der Waals surface area contributed by atoms with Gasteiger partial charge in [-0.3, -0.25) is 9.78 Å². The predicted molar refractivity (Wildman–Crippen MR) is 112 cm³/mol. The van der Waals surface area contributed by atoms with Gasteiger partial charge >= 0.3 is 0 Å². The standard InChI is InChI=1S/C22H24N2O5S/c1-26-19-7-6-16(10-20(19)29-14-18-5-3-9-28-18)12-24(13-17-4-2-8-27-17)22(25)21-11-23-15-30-21/h3,5-7,9-11,15,17H,2,4,8,12-14H2,1H3/t17-/m0/s1. The van der Waals surface area contributed by atoms with E-state index in [0.29, 0.717) is 36.1 Å². The summed E-state index contributed by atoms with van der Waals surface area (Å²) in [4.78, 5) is 19.5. The van der Waals surface area contributed by atoms with E-state index in [-0.39, 0.29) is 12.0 Å². The first-order valence-corrected chi connectivity index (χ1v) is 10.7. The van der Waals surface area contributed by atoms with Gasteiger partial charge in [0.2, 0.25) is 0 Å². The van der Waals surface area contributed by atoms with Gasteiger partial charge in [0.15, 0.2) is 11.5 Å². The Balaban J connectivity index is 1.52. The first kappa shape index (κ1) is 20.4. The van der Waals surface area contributed by atoms with Gasteiger partial charge in [0.1, 0.15) is 17.2 Å². The number of thiazole rings is 1. The number of hydrogen-bond donors (Lipinski definition) is 0. The molecule has 1 fully saturated rings. The number of hydrogen-bond acceptors (Lipinski definition) is 7. The Morgan fingerprint density at radius 1 is 1.33 bits per heavy atom. The minimum absolute atomic E-state index is 0.0399. The first-order valence-electron chi connectivity index (χ1n) is 9.84. The second-order valence-corrected chi connectivity index (χ2v) is 7.93. The van der Waals surface area contributed by atoms with Gasteiger partial charge in [-0.05, 0) is 42.7 Å². The van der Waals surface area contributed by atoms with Crippen molar-refractivity contribution >= 4 is 17.2 Å². The fraction of sp³-hybridized carbons (Fsp3) is 0.364. The smallest absolute Gasteiger partial charge is 0.265 e. The van der Waals surface area contributed by atoms with Gasteiger partial charge in [0.25, 0.3) is 5.91 Å². The Morgan fingerprint density at radius 3 is 2.97 bits per heavy atom. The highest BCUT2D eigenvalue weighted by Gasteiger charge is 2.25. The van der Waals surface area contributed by atoms with Crippen LogP contribution in [0.3, 0.4) is 0 Å². The highest BCUT2D eigenvalue weighted by atomic mass is 32.1. The van der Waals surface area contributed by atoms with Crippen molar-refractivity contribution in [3.63, 3.8) is 0 Å². The van der Waals surface area contributed by atoms with Crippen LogP contribution in [0.4, 0.5) is 0 Å². The Labute approximate surface area is 179 Å². The molecule has 0 bridgehead atoms. The van der Waals surface area contributed by atoms with Gasteiger partial charge in [0, 0.05) is 19.7 Å². The van der Waals surface area contributed by atoms with Crippen LogP contribution in [-0.2, 0) is 17.9 Å². The van der Waals surface area contributed by atoms with E-state index in [1.807, 2.05) is 35.2 Å². The summed E-state index contributed by atoms with van der Waals surface area (Å²) in [7, 11) is 1.60. The predicted octanol–water partition coefficient (Wildman–Crippen LogP) is 4.15. The quantitative estimate of drug-likeness (QED) is 0.510. The Kier molecular flexibility index (Phi) is 6.66. The highest BCUT2D eigenvalue weighted by Crippen LogP contribution is 2.30. The number of rotatable bonds is 9. The molecule has 1 aliphatic heterocycles. The van der Waals surface area contributed by atoms with Crippen molar-refractivity contribution in [3.05, 3.63) is 64.5 Å². The third kappa shape index (κ3) is 5.01. The molecule has 158 valence electrons. The summed E-state index contributed by atoms with van der Waals surface area (Å²) in [5.41, 5.74) is 2.62. The van der Waals surface area contributed by atoms with Gasteiger partial charge in [-0.1, -0.05) is 6.07 Å². The van der Waals surface area contributed by atoms with Gasteiger partial charge in [-0.15, -0.1) is 11.3 Å². The lowest BCUT2D eigenvalue weighted by Gasteiger charge is -2.25. The van der Waals surface area contributed by atoms with Crippen molar-refractivity contribution in [1.82, 2.24) is 9.88 Å². The monoisotopic (exact) mass is 428 g/mol. The van der Waals surface area contributed by atoms with E-state index < -0.39 is 0 Å². The number of nitrogens with zero attached hydrogens (tertiary/aromatic N) is 2. The molecular weight excluding hydrogens is 404 g/mol. The lowest BCUT2D eigenvalue weighted by atomic mass is 10.1. The normalized spacial score (nSPS) is 15.8. The molecule has 8 heteroatoms. The molecule has 0 saturated carbocycles. The zero-order chi connectivity index (χ0) is 20.8. The van der Waals surface area contributed by atoms with E-state index in [4.69, 9.17) is 18.6 Å². The molecule has 3 aromatic rings. The maximum Gasteiger partial charge on any atom is 0.265 e. The molecule has 0 aliphatic carbocycles. The Morgan fingerprint density at radius 2 is 2.27 bits per heavy atom. The lowest BCUT2D eigenvalue weighted by molar-refractivity contribution is 0.0510. The molecule has 0 N–H and O–H groups in total. The molecule has 1 aromatic carbocycles. The molecule has 3 heterocycles. The molecule has 30 heavy (non-hydrogen) atoms. The molecule has 1 saturated heterocycles. The van der Waals surface area contributed by atoms with Crippen LogP contribution in [0.2, 0.25) is 0 Å². The van der Waals surface area contributed by atoms with Crippen molar-refractivity contribution in [2.24, 2.45) is 0 Å². The van der Waals surface area contributed by atoms with Crippen LogP contribution in [-0.4, -0.2) is 42.2 Å². The summed E-state index contributed by atoms with van der Waals surface area (Å²) >= 11 is 1.35. The van der Waals surface area contributed by atoms with Gasteiger partial charge in [-0.2, -0.15) is 0 Å². The van der Waals surface area contributed by atoms with Gasteiger partial charge in [-0.25, -0.2) is 0 Å². The molecular formula is C22H24N2O5S. The lowest BCUT2D eigenvalue weighted by Crippen LogP contribution is -2.36. The summed E-state index contributed by atoms with van der Waals surface area (Å²) in [6.07, 6.45) is 5.28. The maximum atomic E-state index is 13.1. The number of carbonyl (C=O) groups is 1. The zero-order valence-electron chi connectivity index (χ0n) is 16.8. The molecule has 0 spiro atoms. The van der Waals surface area contributed by atoms with Crippen LogP contribution >= 0.6 is 11.3 Å². The second-order valence-electron chi connectivity index (χ2n) is 7.04. The maximum absolute atomic E-state index is 13.1. The summed E-state index contributed by atoms with van der Waals surface area (Å²) < 4.78 is 22.4. The van der Waals surface area contributed by atoms with Crippen molar-refractivity contribution in [2.75, 3.05) is 20.3 Å². The molecule has 1 atom stereocenters. The van der Waals surface area contributed by atoms with Crippen LogP contribution in [0.5, 0.6) is 11.5 Å². The highest BCUT2D eigenvalue weighted by molar-refractivity contribution is 7.11. The second kappa shape index (κ2) is 9.77. The van der Waals surface area contributed by atoms with Crippen molar-refractivity contribution in [1.29, 1.82) is 0 Å². The number of methoxy groups -OCH3 is 1. The molecule has 2 aromatic heterocycles. The van der Waals surface area contributed by atoms with E-state index in [1.165, 1.54) is 11.3 Å². The van der Waals surface area contributed by atoms with E-state index in [0.717, 1.165) is 30.8 Å². The SMILES string of the molecule is COc1ccc(CN(C[C@@H]2CCCO2)C(=O)c2cncs2)cc1OCc1ccco1. The molecule has 0 radical (unpaired) electrons. The number of benzene rings is 1. The number of aromatic nitrogens is 1. The number of furan rings is 1. The van der Waals surface area contributed by atoms with Crippen LogP contribution < -0.4 is 9.47 Å². The summed E-state index contributed by atoms with van der Waals surface area (Å²) in [5.74, 6) is 1.92. The molecule has 0 unspecified atom stereocenters. The first-order chi connectivity index (χ1) is 14.7. The molecule has 1 amide bonds. The van der Waals surface area contributed by atoms with E-state index >= 15 is 0 Å². The van der Waals surface area contributed by atoms with Crippen LogP contribution in [0.1, 0.15) is 33.8 Å². The number of amides is 1. The zero-order valence-corrected chi connectivity index (χ0v) is 17.6. The fourth-order valence-corrected chi connectivity index (χ4v) is 4.01. The largest absolute Gasteiger partial charge is 0.493 e. The van der Waals surface area contributed by atoms with E-state index in [1.54, 1.807) is 25.1 Å². The average molecular weight is 429 g/mol. The molecule has 7 nitrogen and oxygen atoms in total. The van der Waals surface area contributed by atoms with Crippen molar-refractivity contribution < 1.29 is 23.4 Å². The van der Waals surface area contributed by atoms with Crippen molar-refractivity contribution in [2.45, 2.75) is 32.1 Å². The third-order valence-corrected chi connectivity index (χ3v) is 5.69. The molecule has 4 rings (SSSR count). The van der Waals surface area contributed by atoms with E-state index in [9.17, 15) is 4.79 Å². The molecule has 1 aliphatic rings.